The topological polar surface area (TPSA) is 66.0 Å². The largest absolute Gasteiger partial charge is 0.377 e. The summed E-state index contributed by atoms with van der Waals surface area (Å²) >= 11 is 0. The standard InChI is InChI=1S/C24H36N4O2/c1-24(2)21(19-11-14-30-22(19)24)27-23(25-3)26-16-20(29)28-12-9-18(10-13-28)15-17-7-5-4-6-8-17/h4-8,18-19,21-22H,9-16H2,1-3H3,(H2,25,26,27). The van der Waals surface area contributed by atoms with Crippen LogP contribution in [0.5, 0.6) is 0 Å². The van der Waals surface area contributed by atoms with Crippen LogP contribution in [0.4, 0.5) is 0 Å². The lowest BCUT2D eigenvalue weighted by atomic mass is 9.57. The molecule has 1 aromatic carbocycles. The molecule has 0 radical (unpaired) electrons. The van der Waals surface area contributed by atoms with Crippen LogP contribution < -0.4 is 10.6 Å². The Morgan fingerprint density at radius 1 is 1.20 bits per heavy atom. The predicted octanol–water partition coefficient (Wildman–Crippen LogP) is 2.45. The molecule has 6 nitrogen and oxygen atoms in total. The highest BCUT2D eigenvalue weighted by Crippen LogP contribution is 2.52. The molecule has 2 aliphatic heterocycles. The molecule has 30 heavy (non-hydrogen) atoms. The van der Waals surface area contributed by atoms with Gasteiger partial charge in [0.05, 0.1) is 12.6 Å². The number of amides is 1. The van der Waals surface area contributed by atoms with Gasteiger partial charge in [0.25, 0.3) is 0 Å². The van der Waals surface area contributed by atoms with Gasteiger partial charge >= 0.3 is 0 Å². The Hall–Kier alpha value is -2.08. The van der Waals surface area contributed by atoms with Gasteiger partial charge in [-0.1, -0.05) is 44.2 Å². The summed E-state index contributed by atoms with van der Waals surface area (Å²) in [7, 11) is 1.77. The molecule has 6 heteroatoms. The van der Waals surface area contributed by atoms with Gasteiger partial charge in [-0.3, -0.25) is 9.79 Å². The molecule has 1 saturated carbocycles. The van der Waals surface area contributed by atoms with Crippen molar-refractivity contribution in [2.45, 2.75) is 51.7 Å². The van der Waals surface area contributed by atoms with E-state index in [-0.39, 0.29) is 11.3 Å². The minimum atomic E-state index is 0.0867. The monoisotopic (exact) mass is 412 g/mol. The first kappa shape index (κ1) is 21.2. The number of carbonyl (C=O) groups is 1. The summed E-state index contributed by atoms with van der Waals surface area (Å²) in [6.07, 6.45) is 4.70. The molecule has 2 saturated heterocycles. The van der Waals surface area contributed by atoms with Crippen molar-refractivity contribution in [1.29, 1.82) is 0 Å². The molecular weight excluding hydrogens is 376 g/mol. The van der Waals surface area contributed by atoms with E-state index < -0.39 is 0 Å². The lowest BCUT2D eigenvalue weighted by Crippen LogP contribution is -2.68. The number of nitrogens with one attached hydrogen (secondary N) is 2. The molecule has 3 atom stereocenters. The third kappa shape index (κ3) is 4.34. The Balaban J connectivity index is 1.21. The summed E-state index contributed by atoms with van der Waals surface area (Å²) < 4.78 is 5.88. The second-order valence-electron chi connectivity index (χ2n) is 9.63. The quantitative estimate of drug-likeness (QED) is 0.576. The van der Waals surface area contributed by atoms with Gasteiger partial charge in [-0.15, -0.1) is 0 Å². The number of piperidine rings is 1. The smallest absolute Gasteiger partial charge is 0.241 e. The van der Waals surface area contributed by atoms with Crippen molar-refractivity contribution < 1.29 is 9.53 Å². The van der Waals surface area contributed by atoms with Crippen LogP contribution in [0, 0.1) is 17.3 Å². The second kappa shape index (κ2) is 8.96. The van der Waals surface area contributed by atoms with Crippen molar-refractivity contribution in [2.24, 2.45) is 22.2 Å². The lowest BCUT2D eigenvalue weighted by Gasteiger charge is -2.54. The number of benzene rings is 1. The molecule has 4 rings (SSSR count). The first-order chi connectivity index (χ1) is 14.5. The van der Waals surface area contributed by atoms with Gasteiger partial charge < -0.3 is 20.3 Å². The van der Waals surface area contributed by atoms with E-state index in [1.54, 1.807) is 7.05 Å². The lowest BCUT2D eigenvalue weighted by molar-refractivity contribution is -0.131. The van der Waals surface area contributed by atoms with E-state index in [9.17, 15) is 4.79 Å². The highest BCUT2D eigenvalue weighted by molar-refractivity contribution is 5.86. The third-order valence-corrected chi connectivity index (χ3v) is 7.36. The van der Waals surface area contributed by atoms with E-state index in [1.807, 2.05) is 4.90 Å². The number of hydrogen-bond donors (Lipinski definition) is 2. The van der Waals surface area contributed by atoms with Gasteiger partial charge in [0.2, 0.25) is 5.91 Å². The first-order valence-electron chi connectivity index (χ1n) is 11.4. The number of carbonyl (C=O) groups excluding carboxylic acids is 1. The van der Waals surface area contributed by atoms with E-state index >= 15 is 0 Å². The van der Waals surface area contributed by atoms with Gasteiger partial charge in [0, 0.05) is 44.1 Å². The molecule has 2 heterocycles. The van der Waals surface area contributed by atoms with E-state index in [1.165, 1.54) is 5.56 Å². The highest BCUT2D eigenvalue weighted by atomic mass is 16.5. The van der Waals surface area contributed by atoms with Gasteiger partial charge in [0.1, 0.15) is 0 Å². The van der Waals surface area contributed by atoms with Crippen LogP contribution in [0.25, 0.3) is 0 Å². The van der Waals surface area contributed by atoms with E-state index in [0.29, 0.717) is 36.5 Å². The number of ether oxygens (including phenoxy) is 1. The number of fused-ring (bicyclic) bond motifs is 1. The Morgan fingerprint density at radius 2 is 1.93 bits per heavy atom. The van der Waals surface area contributed by atoms with Crippen molar-refractivity contribution in [3.63, 3.8) is 0 Å². The van der Waals surface area contributed by atoms with Crippen LogP contribution in [0.15, 0.2) is 35.3 Å². The summed E-state index contributed by atoms with van der Waals surface area (Å²) in [5, 5.41) is 6.79. The van der Waals surface area contributed by atoms with Gasteiger partial charge in [-0.2, -0.15) is 0 Å². The number of hydrogen-bond acceptors (Lipinski definition) is 3. The average Bonchev–Trinajstić information content (AvgIpc) is 3.22. The molecule has 0 bridgehead atoms. The maximum atomic E-state index is 12.7. The van der Waals surface area contributed by atoms with Crippen LogP contribution in [0.3, 0.4) is 0 Å². The fraction of sp³-hybridized carbons (Fsp3) is 0.667. The van der Waals surface area contributed by atoms with E-state index in [2.05, 4.69) is 59.8 Å². The first-order valence-corrected chi connectivity index (χ1v) is 11.4. The number of rotatable bonds is 5. The molecule has 2 N–H and O–H groups in total. The zero-order chi connectivity index (χ0) is 21.1. The number of nitrogens with zero attached hydrogens (tertiary/aromatic N) is 2. The van der Waals surface area contributed by atoms with Crippen LogP contribution in [-0.2, 0) is 16.0 Å². The molecule has 3 fully saturated rings. The van der Waals surface area contributed by atoms with Crippen LogP contribution in [0.2, 0.25) is 0 Å². The predicted molar refractivity (Wildman–Crippen MR) is 119 cm³/mol. The minimum absolute atomic E-state index is 0.0867. The summed E-state index contributed by atoms with van der Waals surface area (Å²) in [5.74, 6) is 2.08. The van der Waals surface area contributed by atoms with Crippen molar-refractivity contribution in [2.75, 3.05) is 33.3 Å². The van der Waals surface area contributed by atoms with Crippen LogP contribution >= 0.6 is 0 Å². The summed E-state index contributed by atoms with van der Waals surface area (Å²) in [5.41, 5.74) is 1.48. The van der Waals surface area contributed by atoms with Gasteiger partial charge in [-0.05, 0) is 37.2 Å². The van der Waals surface area contributed by atoms with Crippen LogP contribution in [-0.4, -0.2) is 62.2 Å². The Labute approximate surface area is 180 Å². The number of likely N-dealkylation sites (tertiary alicyclic amines) is 1. The van der Waals surface area contributed by atoms with Crippen molar-refractivity contribution in [1.82, 2.24) is 15.5 Å². The summed E-state index contributed by atoms with van der Waals surface area (Å²) in [4.78, 5) is 19.1. The fourth-order valence-electron chi connectivity index (χ4n) is 5.56. The molecule has 164 valence electrons. The second-order valence-corrected chi connectivity index (χ2v) is 9.63. The Morgan fingerprint density at radius 3 is 2.63 bits per heavy atom. The van der Waals surface area contributed by atoms with Crippen LogP contribution in [0.1, 0.15) is 38.7 Å². The molecule has 0 aromatic heterocycles. The normalized spacial score (nSPS) is 28.6. The molecular formula is C24H36N4O2. The van der Waals surface area contributed by atoms with Gasteiger partial charge in [0.15, 0.2) is 5.96 Å². The zero-order valence-corrected chi connectivity index (χ0v) is 18.6. The van der Waals surface area contributed by atoms with E-state index in [4.69, 9.17) is 4.74 Å². The van der Waals surface area contributed by atoms with Crippen molar-refractivity contribution in [3.8, 4) is 0 Å². The minimum Gasteiger partial charge on any atom is -0.377 e. The summed E-state index contributed by atoms with van der Waals surface area (Å²) in [6.45, 7) is 7.33. The molecule has 1 aromatic rings. The Bertz CT molecular complexity index is 756. The summed E-state index contributed by atoms with van der Waals surface area (Å²) in [6, 6.07) is 11.0. The van der Waals surface area contributed by atoms with E-state index in [0.717, 1.165) is 45.4 Å². The molecule has 1 amide bonds. The molecule has 3 unspecified atom stereocenters. The maximum Gasteiger partial charge on any atom is 0.241 e. The third-order valence-electron chi connectivity index (χ3n) is 7.36. The van der Waals surface area contributed by atoms with Gasteiger partial charge in [-0.25, -0.2) is 0 Å². The SMILES string of the molecule is CN=C(NCC(=O)N1CCC(Cc2ccccc2)CC1)NC1C2CCOC2C1(C)C. The van der Waals surface area contributed by atoms with Crippen molar-refractivity contribution in [3.05, 3.63) is 35.9 Å². The average molecular weight is 413 g/mol. The molecule has 1 aliphatic carbocycles. The fourth-order valence-corrected chi connectivity index (χ4v) is 5.56. The maximum absolute atomic E-state index is 12.7. The Kier molecular flexibility index (Phi) is 6.32. The van der Waals surface area contributed by atoms with Crippen molar-refractivity contribution >= 4 is 11.9 Å². The molecule has 3 aliphatic rings. The number of guanidine groups is 1. The zero-order valence-electron chi connectivity index (χ0n) is 18.6. The number of aliphatic imine (C=N–C) groups is 1. The highest BCUT2D eigenvalue weighted by Gasteiger charge is 2.59. The molecule has 0 spiro atoms.